The number of quaternary nitrogens is 1. The SMILES string of the molecule is C[C@@H]1S[C@@H]2[C@H](NC(=O)/C(=N\OC(C)(C)C(=O)O)c3csc(N)n3)C(=O)N2C(C(=O)O)=C1C[N+]1(CCN2C(=O)c3cc(O)c(O)c(Cl)c3C2=O)CCCC1. The number of oxime groups is 1. The highest BCUT2D eigenvalue weighted by Gasteiger charge is 2.57. The van der Waals surface area contributed by atoms with Crippen LogP contribution in [0.4, 0.5) is 5.13 Å². The van der Waals surface area contributed by atoms with Gasteiger partial charge in [-0.25, -0.2) is 14.6 Å². The molecule has 4 amide bonds. The number of imide groups is 1. The first-order chi connectivity index (χ1) is 24.9. The van der Waals surface area contributed by atoms with Crippen molar-refractivity contribution >= 4 is 81.1 Å². The van der Waals surface area contributed by atoms with Gasteiger partial charge in [0.2, 0.25) is 5.60 Å². The molecular weight excluding hydrogens is 758 g/mol. The molecule has 2 fully saturated rings. The molecular formula is C32H35ClN7O11S2+. The first-order valence-corrected chi connectivity index (χ1v) is 18.5. The molecule has 4 aliphatic rings. The summed E-state index contributed by atoms with van der Waals surface area (Å²) in [5, 5.41) is 46.0. The second-order valence-electron chi connectivity index (χ2n) is 13.5. The number of nitrogens with two attached hydrogens (primary N) is 1. The highest BCUT2D eigenvalue weighted by atomic mass is 35.5. The van der Waals surface area contributed by atoms with Gasteiger partial charge in [-0.1, -0.05) is 16.8 Å². The highest BCUT2D eigenvalue weighted by Crippen LogP contribution is 2.46. The number of carbonyl (C=O) groups excluding carboxylic acids is 4. The molecule has 282 valence electrons. The molecule has 4 aliphatic heterocycles. The van der Waals surface area contributed by atoms with Gasteiger partial charge in [0.25, 0.3) is 23.6 Å². The third-order valence-electron chi connectivity index (χ3n) is 9.75. The Kier molecular flexibility index (Phi) is 9.86. The van der Waals surface area contributed by atoms with E-state index in [1.807, 2.05) is 0 Å². The molecule has 2 aromatic rings. The van der Waals surface area contributed by atoms with Gasteiger partial charge in [-0.3, -0.25) is 29.0 Å². The first kappa shape index (κ1) is 37.8. The summed E-state index contributed by atoms with van der Waals surface area (Å²) < 4.78 is 0.324. The van der Waals surface area contributed by atoms with E-state index in [2.05, 4.69) is 15.5 Å². The molecule has 18 nitrogen and oxygen atoms in total. The number of halogens is 1. The normalized spacial score (nSPS) is 22.5. The number of phenols is 2. The third kappa shape index (κ3) is 6.64. The molecule has 1 aromatic carbocycles. The zero-order valence-corrected chi connectivity index (χ0v) is 30.9. The fourth-order valence-electron chi connectivity index (χ4n) is 6.79. The number of carbonyl (C=O) groups is 6. The number of nitrogens with one attached hydrogen (secondary N) is 1. The van der Waals surface area contributed by atoms with Gasteiger partial charge in [0, 0.05) is 29.0 Å². The number of likely N-dealkylation sites (tertiary alicyclic amines) is 1. The van der Waals surface area contributed by atoms with E-state index in [0.717, 1.165) is 40.0 Å². The molecule has 0 radical (unpaired) electrons. The Bertz CT molecular complexity index is 2030. The highest BCUT2D eigenvalue weighted by molar-refractivity contribution is 8.00. The van der Waals surface area contributed by atoms with E-state index in [1.165, 1.54) is 31.0 Å². The topological polar surface area (TPSA) is 262 Å². The zero-order chi connectivity index (χ0) is 38.7. The minimum absolute atomic E-state index is 0.0203. The number of thioether (sulfide) groups is 1. The van der Waals surface area contributed by atoms with Crippen molar-refractivity contribution in [3.63, 3.8) is 0 Å². The number of thiazole rings is 1. The molecule has 7 N–H and O–H groups in total. The van der Waals surface area contributed by atoms with E-state index < -0.39 is 80.1 Å². The second kappa shape index (κ2) is 13.8. The van der Waals surface area contributed by atoms with Gasteiger partial charge < -0.3 is 40.8 Å². The lowest BCUT2D eigenvalue weighted by atomic mass is 9.99. The van der Waals surface area contributed by atoms with Crippen LogP contribution in [0.2, 0.25) is 5.02 Å². The Labute approximate surface area is 314 Å². The molecule has 2 saturated heterocycles. The number of phenolic OH excluding ortho intramolecular Hbond substituents is 2. The van der Waals surface area contributed by atoms with E-state index in [4.69, 9.17) is 22.2 Å². The Morgan fingerprint density at radius 1 is 1.17 bits per heavy atom. The summed E-state index contributed by atoms with van der Waals surface area (Å²) >= 11 is 8.38. The van der Waals surface area contributed by atoms with Gasteiger partial charge >= 0.3 is 11.9 Å². The predicted octanol–water partition coefficient (Wildman–Crippen LogP) is 1.41. The standard InChI is InChI=1S/C32H34ClN7O11S2/c1-13-15(11-40(7-4-5-8-40)9-6-38-25(44)14-10-17(41)23(42)19(33)18(14)26(38)45)22(29(47)48)39-27(46)21(28(39)53-13)36-24(43)20(16-12-52-31(34)35-16)37-51-32(2,3)30(49)50/h10,12-13,21,28H,4-9,11H2,1-3H3,(H6-,34,35,36,37,41,42,43,44,45,47,48,49,50)/p+1/t13-,21+,28+/m0/s1. The van der Waals surface area contributed by atoms with Crippen molar-refractivity contribution < 1.29 is 58.5 Å². The molecule has 0 unspecified atom stereocenters. The van der Waals surface area contributed by atoms with Crippen LogP contribution in [0.5, 0.6) is 11.5 Å². The number of nitrogens with zero attached hydrogens (tertiary/aromatic N) is 5. The van der Waals surface area contributed by atoms with E-state index in [-0.39, 0.29) is 47.3 Å². The van der Waals surface area contributed by atoms with Crippen molar-refractivity contribution in [2.45, 2.75) is 55.9 Å². The van der Waals surface area contributed by atoms with Crippen molar-refractivity contribution in [2.24, 2.45) is 5.16 Å². The maximum Gasteiger partial charge on any atom is 0.352 e. The summed E-state index contributed by atoms with van der Waals surface area (Å²) in [7, 11) is 0. The monoisotopic (exact) mass is 792 g/mol. The summed E-state index contributed by atoms with van der Waals surface area (Å²) in [6, 6.07) is -0.178. The lowest BCUT2D eigenvalue weighted by Gasteiger charge is -2.51. The molecule has 0 aliphatic carbocycles. The number of benzene rings is 1. The second-order valence-corrected chi connectivity index (χ2v) is 16.3. The number of fused-ring (bicyclic) bond motifs is 2. The molecule has 3 atom stereocenters. The summed E-state index contributed by atoms with van der Waals surface area (Å²) in [5.41, 5.74) is 3.39. The van der Waals surface area contributed by atoms with Crippen LogP contribution >= 0.6 is 34.7 Å². The van der Waals surface area contributed by atoms with Crippen LogP contribution in [0.25, 0.3) is 0 Å². The number of carboxylic acids is 2. The van der Waals surface area contributed by atoms with Crippen molar-refractivity contribution in [1.29, 1.82) is 0 Å². The largest absolute Gasteiger partial charge is 0.504 e. The fourth-order valence-corrected chi connectivity index (χ4v) is 9.05. The number of hydrogen-bond donors (Lipinski definition) is 6. The van der Waals surface area contributed by atoms with Crippen LogP contribution in [0.3, 0.4) is 0 Å². The van der Waals surface area contributed by atoms with Crippen molar-refractivity contribution in [2.75, 3.05) is 38.5 Å². The van der Waals surface area contributed by atoms with Crippen molar-refractivity contribution in [1.82, 2.24) is 20.1 Å². The van der Waals surface area contributed by atoms with Gasteiger partial charge in [0.15, 0.2) is 22.3 Å². The minimum atomic E-state index is -1.82. The Morgan fingerprint density at radius 3 is 2.45 bits per heavy atom. The number of nitrogen functional groups attached to an aromatic ring is 1. The van der Waals surface area contributed by atoms with E-state index in [0.29, 0.717) is 23.1 Å². The molecule has 0 bridgehead atoms. The number of hydrogen-bond acceptors (Lipinski definition) is 14. The number of carboxylic acid groups (broad SMARTS) is 2. The molecule has 1 aromatic heterocycles. The predicted molar refractivity (Wildman–Crippen MR) is 189 cm³/mol. The molecule has 5 heterocycles. The number of aromatic hydroxyl groups is 2. The van der Waals surface area contributed by atoms with Crippen LogP contribution in [0.1, 0.15) is 60.0 Å². The van der Waals surface area contributed by atoms with Crippen molar-refractivity contribution in [3.05, 3.63) is 44.6 Å². The van der Waals surface area contributed by atoms with Crippen molar-refractivity contribution in [3.8, 4) is 11.5 Å². The number of rotatable bonds is 12. The fraction of sp³-hybridized carbons (Fsp3) is 0.438. The molecule has 53 heavy (non-hydrogen) atoms. The lowest BCUT2D eigenvalue weighted by Crippen LogP contribution is -2.72. The molecule has 6 rings (SSSR count). The maximum atomic E-state index is 13.6. The van der Waals surface area contributed by atoms with Gasteiger partial charge in [-0.2, -0.15) is 0 Å². The van der Waals surface area contributed by atoms with Crippen LogP contribution < -0.4 is 11.1 Å². The van der Waals surface area contributed by atoms with Gasteiger partial charge in [-0.05, 0) is 26.8 Å². The number of aliphatic carboxylic acids is 2. The maximum absolute atomic E-state index is 13.6. The minimum Gasteiger partial charge on any atom is -0.504 e. The summed E-state index contributed by atoms with van der Waals surface area (Å²) in [6.07, 6.45) is 1.60. The first-order valence-electron chi connectivity index (χ1n) is 16.3. The number of anilines is 1. The molecule has 0 saturated carbocycles. The number of β-lactam (4-membered cyclic amide) rings is 1. The smallest absolute Gasteiger partial charge is 0.352 e. The van der Waals surface area contributed by atoms with E-state index in [9.17, 15) is 49.2 Å². The Morgan fingerprint density at radius 2 is 1.85 bits per heavy atom. The van der Waals surface area contributed by atoms with Gasteiger partial charge in [0.1, 0.15) is 29.4 Å². The van der Waals surface area contributed by atoms with Crippen LogP contribution in [-0.4, -0.2) is 136 Å². The summed E-state index contributed by atoms with van der Waals surface area (Å²) in [4.78, 5) is 89.3. The average molecular weight is 793 g/mol. The molecule has 21 heteroatoms. The zero-order valence-electron chi connectivity index (χ0n) is 28.5. The summed E-state index contributed by atoms with van der Waals surface area (Å²) in [5.74, 6) is -7.05. The average Bonchev–Trinajstić information content (AvgIpc) is 3.80. The van der Waals surface area contributed by atoms with E-state index in [1.54, 1.807) is 6.92 Å². The molecule has 0 spiro atoms. The third-order valence-corrected chi connectivity index (χ3v) is 12.2. The Hall–Kier alpha value is -4.92. The number of amides is 4. The van der Waals surface area contributed by atoms with Crippen LogP contribution in [0.15, 0.2) is 27.9 Å². The van der Waals surface area contributed by atoms with Crippen LogP contribution in [-0.2, 0) is 24.0 Å². The van der Waals surface area contributed by atoms with E-state index >= 15 is 0 Å². The van der Waals surface area contributed by atoms with Gasteiger partial charge in [-0.15, -0.1) is 23.1 Å². The van der Waals surface area contributed by atoms with Gasteiger partial charge in [0.05, 0.1) is 42.3 Å². The lowest BCUT2D eigenvalue weighted by molar-refractivity contribution is -0.911. The van der Waals surface area contributed by atoms with Crippen LogP contribution in [0, 0.1) is 0 Å². The number of aromatic nitrogens is 1. The summed E-state index contributed by atoms with van der Waals surface area (Å²) in [6.45, 7) is 5.88. The quantitative estimate of drug-likeness (QED) is 0.0444. The Balaban J connectivity index is 1.22.